The van der Waals surface area contributed by atoms with E-state index in [1.165, 1.54) is 0 Å². The first-order valence-corrected chi connectivity index (χ1v) is 6.56. The van der Waals surface area contributed by atoms with Crippen molar-refractivity contribution in [2.24, 2.45) is 0 Å². The SMILES string of the molecule is O=C(O)[C@H]1CCCN1C(=O)C(F)c1ccc(C(F)(F)F)cc1. The van der Waals surface area contributed by atoms with Gasteiger partial charge in [-0.05, 0) is 30.5 Å². The molecule has 8 heteroatoms. The van der Waals surface area contributed by atoms with E-state index in [4.69, 9.17) is 5.11 Å². The van der Waals surface area contributed by atoms with Gasteiger partial charge in [-0.3, -0.25) is 4.79 Å². The summed E-state index contributed by atoms with van der Waals surface area (Å²) in [5.74, 6) is -2.25. The molecule has 2 atom stereocenters. The first-order valence-electron chi connectivity index (χ1n) is 6.56. The van der Waals surface area contributed by atoms with Crippen molar-refractivity contribution in [3.63, 3.8) is 0 Å². The van der Waals surface area contributed by atoms with Crippen LogP contribution in [-0.2, 0) is 15.8 Å². The van der Waals surface area contributed by atoms with Crippen LogP contribution in [0.1, 0.15) is 30.1 Å². The second-order valence-electron chi connectivity index (χ2n) is 5.01. The number of benzene rings is 1. The van der Waals surface area contributed by atoms with Crippen LogP contribution in [0.3, 0.4) is 0 Å². The maximum absolute atomic E-state index is 14.2. The molecule has 0 bridgehead atoms. The van der Waals surface area contributed by atoms with Crippen molar-refractivity contribution in [1.82, 2.24) is 4.90 Å². The van der Waals surface area contributed by atoms with Crippen LogP contribution in [0.5, 0.6) is 0 Å². The Balaban J connectivity index is 2.15. The van der Waals surface area contributed by atoms with Crippen LogP contribution in [-0.4, -0.2) is 34.5 Å². The first-order chi connectivity index (χ1) is 10.2. The van der Waals surface area contributed by atoms with Crippen molar-refractivity contribution in [3.8, 4) is 0 Å². The van der Waals surface area contributed by atoms with Gasteiger partial charge in [0, 0.05) is 6.54 Å². The molecule has 1 amide bonds. The molecule has 120 valence electrons. The van der Waals surface area contributed by atoms with E-state index in [1.807, 2.05) is 0 Å². The predicted octanol–water partition coefficient (Wildman–Crippen LogP) is 2.79. The minimum atomic E-state index is -4.54. The summed E-state index contributed by atoms with van der Waals surface area (Å²) in [6, 6.07) is 2.07. The van der Waals surface area contributed by atoms with Crippen molar-refractivity contribution >= 4 is 11.9 Å². The number of nitrogens with zero attached hydrogens (tertiary/aromatic N) is 1. The van der Waals surface area contributed by atoms with E-state index in [9.17, 15) is 27.2 Å². The second-order valence-corrected chi connectivity index (χ2v) is 5.01. The molecular formula is C14H13F4NO3. The molecule has 4 nitrogen and oxygen atoms in total. The molecule has 0 spiro atoms. The summed E-state index contributed by atoms with van der Waals surface area (Å²) in [4.78, 5) is 23.9. The number of alkyl halides is 4. The number of carbonyl (C=O) groups is 2. The van der Waals surface area contributed by atoms with E-state index in [1.54, 1.807) is 0 Å². The van der Waals surface area contributed by atoms with E-state index in [0.29, 0.717) is 18.6 Å². The highest BCUT2D eigenvalue weighted by Crippen LogP contribution is 2.31. The minimum absolute atomic E-state index is 0.122. The molecule has 0 aliphatic carbocycles. The summed E-state index contributed by atoms with van der Waals surface area (Å²) in [5, 5.41) is 8.97. The number of halogens is 4. The van der Waals surface area contributed by atoms with Gasteiger partial charge in [-0.15, -0.1) is 0 Å². The van der Waals surface area contributed by atoms with Gasteiger partial charge in [0.15, 0.2) is 0 Å². The van der Waals surface area contributed by atoms with Gasteiger partial charge < -0.3 is 10.0 Å². The lowest BCUT2D eigenvalue weighted by Gasteiger charge is -2.23. The molecule has 1 aromatic rings. The molecule has 1 fully saturated rings. The molecule has 1 unspecified atom stereocenters. The monoisotopic (exact) mass is 319 g/mol. The number of hydrogen-bond donors (Lipinski definition) is 1. The summed E-state index contributed by atoms with van der Waals surface area (Å²) in [5.41, 5.74) is -1.17. The third-order valence-electron chi connectivity index (χ3n) is 3.57. The van der Waals surface area contributed by atoms with Gasteiger partial charge in [-0.25, -0.2) is 9.18 Å². The van der Waals surface area contributed by atoms with Gasteiger partial charge >= 0.3 is 12.1 Å². The van der Waals surface area contributed by atoms with Gasteiger partial charge in [-0.1, -0.05) is 12.1 Å². The third kappa shape index (κ3) is 3.20. The van der Waals surface area contributed by atoms with Crippen LogP contribution < -0.4 is 0 Å². The van der Waals surface area contributed by atoms with Crippen LogP contribution in [0.2, 0.25) is 0 Å². The zero-order chi connectivity index (χ0) is 16.5. The van der Waals surface area contributed by atoms with Crippen LogP contribution >= 0.6 is 0 Å². The van der Waals surface area contributed by atoms with E-state index in [2.05, 4.69) is 0 Å². The van der Waals surface area contributed by atoms with Crippen molar-refractivity contribution in [3.05, 3.63) is 35.4 Å². The lowest BCUT2D eigenvalue weighted by atomic mass is 10.1. The third-order valence-corrected chi connectivity index (χ3v) is 3.57. The average molecular weight is 319 g/mol. The second kappa shape index (κ2) is 5.94. The molecule has 1 aromatic carbocycles. The fourth-order valence-electron chi connectivity index (χ4n) is 2.42. The zero-order valence-electron chi connectivity index (χ0n) is 11.3. The standard InChI is InChI=1S/C14H13F4NO3/c15-11(8-3-5-9(6-4-8)14(16,17)18)12(20)19-7-1-2-10(19)13(21)22/h3-6,10-11H,1-2,7H2,(H,21,22)/t10-,11?/m1/s1. The van der Waals surface area contributed by atoms with Crippen molar-refractivity contribution in [1.29, 1.82) is 0 Å². The Kier molecular flexibility index (Phi) is 4.39. The Hall–Kier alpha value is -2.12. The average Bonchev–Trinajstić information content (AvgIpc) is 2.94. The fraction of sp³-hybridized carbons (Fsp3) is 0.429. The van der Waals surface area contributed by atoms with Gasteiger partial charge in [-0.2, -0.15) is 13.2 Å². The van der Waals surface area contributed by atoms with Gasteiger partial charge in [0.1, 0.15) is 6.04 Å². The lowest BCUT2D eigenvalue weighted by Crippen LogP contribution is -2.42. The molecule has 0 radical (unpaired) electrons. The summed E-state index contributed by atoms with van der Waals surface area (Å²) >= 11 is 0. The number of carboxylic acids is 1. The van der Waals surface area contributed by atoms with E-state index < -0.39 is 35.8 Å². The number of aliphatic carboxylic acids is 1. The highest BCUT2D eigenvalue weighted by molar-refractivity contribution is 5.87. The maximum Gasteiger partial charge on any atom is 0.416 e. The van der Waals surface area contributed by atoms with Gasteiger partial charge in [0.25, 0.3) is 5.91 Å². The lowest BCUT2D eigenvalue weighted by molar-refractivity contribution is -0.150. The number of rotatable bonds is 3. The Morgan fingerprint density at radius 3 is 2.32 bits per heavy atom. The molecule has 1 aliphatic rings. The van der Waals surface area contributed by atoms with E-state index in [0.717, 1.165) is 17.0 Å². The number of carbonyl (C=O) groups excluding carboxylic acids is 1. The quantitative estimate of drug-likeness (QED) is 0.872. The highest BCUT2D eigenvalue weighted by Gasteiger charge is 2.38. The fourth-order valence-corrected chi connectivity index (χ4v) is 2.42. The van der Waals surface area contributed by atoms with Crippen LogP contribution in [0.25, 0.3) is 0 Å². The zero-order valence-corrected chi connectivity index (χ0v) is 11.3. The topological polar surface area (TPSA) is 57.6 Å². The Bertz CT molecular complexity index is 570. The largest absolute Gasteiger partial charge is 0.480 e. The van der Waals surface area contributed by atoms with E-state index in [-0.39, 0.29) is 18.5 Å². The molecule has 1 N–H and O–H groups in total. The molecule has 22 heavy (non-hydrogen) atoms. The summed E-state index contributed by atoms with van der Waals surface area (Å²) in [6.07, 6.45) is -6.04. The van der Waals surface area contributed by atoms with Gasteiger partial charge in [0.05, 0.1) is 5.56 Å². The molecule has 0 saturated carbocycles. The number of carboxylic acid groups (broad SMARTS) is 1. The Morgan fingerprint density at radius 2 is 1.82 bits per heavy atom. The molecular weight excluding hydrogens is 306 g/mol. The predicted molar refractivity (Wildman–Crippen MR) is 67.7 cm³/mol. The summed E-state index contributed by atoms with van der Waals surface area (Å²) in [7, 11) is 0. The maximum atomic E-state index is 14.2. The highest BCUT2D eigenvalue weighted by atomic mass is 19.4. The van der Waals surface area contributed by atoms with E-state index >= 15 is 0 Å². The normalized spacial score (nSPS) is 20.0. The van der Waals surface area contributed by atoms with Crippen LogP contribution in [0.15, 0.2) is 24.3 Å². The Labute approximate surface area is 123 Å². The molecule has 2 rings (SSSR count). The summed E-state index contributed by atoms with van der Waals surface area (Å²) in [6.45, 7) is 0.122. The number of likely N-dealkylation sites (tertiary alicyclic amines) is 1. The smallest absolute Gasteiger partial charge is 0.416 e. The van der Waals surface area contributed by atoms with Crippen LogP contribution in [0, 0.1) is 0 Å². The number of hydrogen-bond acceptors (Lipinski definition) is 2. The van der Waals surface area contributed by atoms with Crippen molar-refractivity contribution < 1.29 is 32.3 Å². The van der Waals surface area contributed by atoms with Crippen molar-refractivity contribution in [2.75, 3.05) is 6.54 Å². The van der Waals surface area contributed by atoms with Crippen molar-refractivity contribution in [2.45, 2.75) is 31.2 Å². The molecule has 1 heterocycles. The molecule has 1 aliphatic heterocycles. The Morgan fingerprint density at radius 1 is 1.23 bits per heavy atom. The minimum Gasteiger partial charge on any atom is -0.480 e. The molecule has 1 saturated heterocycles. The molecule has 0 aromatic heterocycles. The summed E-state index contributed by atoms with van der Waals surface area (Å²) < 4.78 is 51.5. The first kappa shape index (κ1) is 16.3. The van der Waals surface area contributed by atoms with Gasteiger partial charge in [0.2, 0.25) is 6.17 Å². The number of amides is 1. The van der Waals surface area contributed by atoms with Crippen LogP contribution in [0.4, 0.5) is 17.6 Å².